The molecule has 0 saturated heterocycles. The number of nitro groups is 1. The van der Waals surface area contributed by atoms with Gasteiger partial charge in [0.05, 0.1) is 4.92 Å². The maximum Gasteiger partial charge on any atom is 0.313 e. The summed E-state index contributed by atoms with van der Waals surface area (Å²) >= 11 is 0. The fraction of sp³-hybridized carbons (Fsp3) is 0.300. The van der Waals surface area contributed by atoms with Gasteiger partial charge in [0.25, 0.3) is 0 Å². The van der Waals surface area contributed by atoms with Gasteiger partial charge < -0.3 is 5.32 Å². The van der Waals surface area contributed by atoms with Crippen molar-refractivity contribution < 1.29 is 4.92 Å². The van der Waals surface area contributed by atoms with Crippen molar-refractivity contribution in [2.45, 2.75) is 13.3 Å². The molecular formula is C10H12N6O2. The average molecular weight is 248 g/mol. The first-order valence-electron chi connectivity index (χ1n) is 5.46. The van der Waals surface area contributed by atoms with Crippen molar-refractivity contribution in [1.29, 1.82) is 0 Å². The molecule has 2 rings (SSSR count). The van der Waals surface area contributed by atoms with E-state index in [-0.39, 0.29) is 11.5 Å². The van der Waals surface area contributed by atoms with E-state index in [1.54, 1.807) is 6.07 Å². The molecule has 0 aromatic carbocycles. The highest BCUT2D eigenvalue weighted by atomic mass is 16.6. The van der Waals surface area contributed by atoms with Gasteiger partial charge in [-0.15, -0.1) is 0 Å². The molecule has 18 heavy (non-hydrogen) atoms. The van der Waals surface area contributed by atoms with Crippen LogP contribution in [-0.2, 0) is 0 Å². The molecule has 2 aromatic heterocycles. The van der Waals surface area contributed by atoms with Gasteiger partial charge >= 0.3 is 5.69 Å². The molecule has 94 valence electrons. The van der Waals surface area contributed by atoms with Gasteiger partial charge in [-0.1, -0.05) is 6.92 Å². The number of nitrogens with zero attached hydrogens (tertiary/aromatic N) is 5. The quantitative estimate of drug-likeness (QED) is 0.634. The standard InChI is InChI=1S/C10H12N6O2/c1-2-5-12-9-4-3-8(16(17)18)10(14-9)15-7-11-6-13-15/h3-4,6-7H,2,5H2,1H3,(H,12,14). The molecule has 0 aliphatic carbocycles. The van der Waals surface area contributed by atoms with Crippen LogP contribution in [0.2, 0.25) is 0 Å². The number of aromatic nitrogens is 4. The first-order valence-corrected chi connectivity index (χ1v) is 5.46. The number of hydrogen-bond acceptors (Lipinski definition) is 6. The zero-order chi connectivity index (χ0) is 13.0. The maximum absolute atomic E-state index is 10.9. The Morgan fingerprint density at radius 2 is 2.33 bits per heavy atom. The van der Waals surface area contributed by atoms with Crippen molar-refractivity contribution in [2.24, 2.45) is 0 Å². The lowest BCUT2D eigenvalue weighted by Gasteiger charge is -2.06. The van der Waals surface area contributed by atoms with Crippen molar-refractivity contribution in [1.82, 2.24) is 19.7 Å². The van der Waals surface area contributed by atoms with Gasteiger partial charge in [0, 0.05) is 12.6 Å². The smallest absolute Gasteiger partial charge is 0.313 e. The molecule has 8 nitrogen and oxygen atoms in total. The zero-order valence-corrected chi connectivity index (χ0v) is 9.78. The molecule has 0 amide bonds. The third-order valence-corrected chi connectivity index (χ3v) is 2.24. The second kappa shape index (κ2) is 5.21. The van der Waals surface area contributed by atoms with E-state index in [9.17, 15) is 10.1 Å². The van der Waals surface area contributed by atoms with Crippen LogP contribution in [0, 0.1) is 10.1 Å². The lowest BCUT2D eigenvalue weighted by molar-refractivity contribution is -0.384. The van der Waals surface area contributed by atoms with Crippen molar-refractivity contribution in [3.63, 3.8) is 0 Å². The van der Waals surface area contributed by atoms with Crippen LogP contribution < -0.4 is 5.32 Å². The third-order valence-electron chi connectivity index (χ3n) is 2.24. The van der Waals surface area contributed by atoms with E-state index in [1.165, 1.54) is 23.4 Å². The monoisotopic (exact) mass is 248 g/mol. The summed E-state index contributed by atoms with van der Waals surface area (Å²) in [5.74, 6) is 0.728. The number of nitrogens with one attached hydrogen (secondary N) is 1. The van der Waals surface area contributed by atoms with E-state index in [0.717, 1.165) is 13.0 Å². The van der Waals surface area contributed by atoms with Crippen LogP contribution in [0.1, 0.15) is 13.3 Å². The SMILES string of the molecule is CCCNc1ccc([N+](=O)[O-])c(-n2cncn2)n1. The lowest BCUT2D eigenvalue weighted by atomic mass is 10.3. The van der Waals surface area contributed by atoms with Gasteiger partial charge in [-0.05, 0) is 12.5 Å². The Hall–Kier alpha value is -2.51. The molecule has 0 bridgehead atoms. The summed E-state index contributed by atoms with van der Waals surface area (Å²) in [6.45, 7) is 2.78. The number of rotatable bonds is 5. The summed E-state index contributed by atoms with van der Waals surface area (Å²) in [6.07, 6.45) is 3.62. The first-order chi connectivity index (χ1) is 8.72. The van der Waals surface area contributed by atoms with Gasteiger partial charge in [0.2, 0.25) is 5.82 Å². The Bertz CT molecular complexity index is 539. The molecule has 0 saturated carbocycles. The molecule has 0 spiro atoms. The van der Waals surface area contributed by atoms with Crippen molar-refractivity contribution >= 4 is 11.5 Å². The number of hydrogen-bond donors (Lipinski definition) is 1. The molecule has 2 aromatic rings. The molecule has 2 heterocycles. The Morgan fingerprint density at radius 3 is 2.94 bits per heavy atom. The van der Waals surface area contributed by atoms with Gasteiger partial charge in [0.15, 0.2) is 0 Å². The maximum atomic E-state index is 10.9. The molecule has 8 heteroatoms. The van der Waals surface area contributed by atoms with E-state index < -0.39 is 4.92 Å². The third kappa shape index (κ3) is 2.42. The fourth-order valence-electron chi connectivity index (χ4n) is 1.42. The normalized spacial score (nSPS) is 10.3. The highest BCUT2D eigenvalue weighted by molar-refractivity contribution is 5.52. The number of anilines is 1. The van der Waals surface area contributed by atoms with E-state index in [1.807, 2.05) is 6.92 Å². The van der Waals surface area contributed by atoms with Crippen LogP contribution in [-0.4, -0.2) is 31.2 Å². The van der Waals surface area contributed by atoms with Crippen molar-refractivity contribution in [3.05, 3.63) is 34.9 Å². The molecule has 0 fully saturated rings. The molecule has 0 aliphatic heterocycles. The van der Waals surface area contributed by atoms with Gasteiger partial charge in [-0.2, -0.15) is 9.78 Å². The van der Waals surface area contributed by atoms with Crippen LogP contribution in [0.15, 0.2) is 24.8 Å². The highest BCUT2D eigenvalue weighted by Crippen LogP contribution is 2.21. The van der Waals surface area contributed by atoms with E-state index in [2.05, 4.69) is 20.4 Å². The minimum Gasteiger partial charge on any atom is -0.370 e. The topological polar surface area (TPSA) is 98.8 Å². The van der Waals surface area contributed by atoms with Gasteiger partial charge in [-0.3, -0.25) is 10.1 Å². The largest absolute Gasteiger partial charge is 0.370 e. The Kier molecular flexibility index (Phi) is 3.46. The van der Waals surface area contributed by atoms with Gasteiger partial charge in [0.1, 0.15) is 18.5 Å². The van der Waals surface area contributed by atoms with Crippen LogP contribution in [0.3, 0.4) is 0 Å². The minimum absolute atomic E-state index is 0.109. The lowest BCUT2D eigenvalue weighted by Crippen LogP contribution is -2.08. The van der Waals surface area contributed by atoms with Crippen LogP contribution >= 0.6 is 0 Å². The van der Waals surface area contributed by atoms with E-state index >= 15 is 0 Å². The van der Waals surface area contributed by atoms with Gasteiger partial charge in [-0.25, -0.2) is 9.97 Å². The predicted octanol–water partition coefficient (Wildman–Crippen LogP) is 1.39. The average Bonchev–Trinajstić information content (AvgIpc) is 2.89. The highest BCUT2D eigenvalue weighted by Gasteiger charge is 2.18. The summed E-state index contributed by atoms with van der Waals surface area (Å²) < 4.78 is 1.27. The molecule has 0 aliphatic rings. The molecule has 0 radical (unpaired) electrons. The summed E-state index contributed by atoms with van der Waals surface area (Å²) in [4.78, 5) is 18.4. The first kappa shape index (κ1) is 12.0. The van der Waals surface area contributed by atoms with E-state index in [0.29, 0.717) is 5.82 Å². The minimum atomic E-state index is -0.492. The van der Waals surface area contributed by atoms with E-state index in [4.69, 9.17) is 0 Å². The molecular weight excluding hydrogens is 236 g/mol. The second-order valence-corrected chi connectivity index (χ2v) is 3.56. The fourth-order valence-corrected chi connectivity index (χ4v) is 1.42. The van der Waals surface area contributed by atoms with Crippen molar-refractivity contribution in [3.8, 4) is 5.82 Å². The Labute approximate surface area is 103 Å². The summed E-state index contributed by atoms with van der Waals surface area (Å²) in [7, 11) is 0. The van der Waals surface area contributed by atoms with Crippen LogP contribution in [0.25, 0.3) is 5.82 Å². The summed E-state index contributed by atoms with van der Waals surface area (Å²) in [5.41, 5.74) is -0.109. The molecule has 0 atom stereocenters. The predicted molar refractivity (Wildman–Crippen MR) is 64.6 cm³/mol. The molecule has 1 N–H and O–H groups in total. The summed E-state index contributed by atoms with van der Waals surface area (Å²) in [5, 5.41) is 17.9. The number of pyridine rings is 1. The molecule has 0 unspecified atom stereocenters. The summed E-state index contributed by atoms with van der Waals surface area (Å²) in [6, 6.07) is 2.98. The Morgan fingerprint density at radius 1 is 1.50 bits per heavy atom. The van der Waals surface area contributed by atoms with Crippen molar-refractivity contribution in [2.75, 3.05) is 11.9 Å². The Balaban J connectivity index is 2.42. The zero-order valence-electron chi connectivity index (χ0n) is 9.78. The van der Waals surface area contributed by atoms with Crippen LogP contribution in [0.5, 0.6) is 0 Å². The van der Waals surface area contributed by atoms with Crippen LogP contribution in [0.4, 0.5) is 11.5 Å². The second-order valence-electron chi connectivity index (χ2n) is 3.56.